The number of hydrogen-bond acceptors (Lipinski definition) is 5. The number of aromatic nitrogens is 2. The third-order valence-electron chi connectivity index (χ3n) is 4.78. The number of carbonyl (C=O) groups excluding carboxylic acids is 1. The van der Waals surface area contributed by atoms with Gasteiger partial charge in [0.2, 0.25) is 5.95 Å². The molecule has 0 saturated heterocycles. The number of carbonyl (C=O) groups is 1. The van der Waals surface area contributed by atoms with Gasteiger partial charge >= 0.3 is 6.18 Å². The fourth-order valence-corrected chi connectivity index (χ4v) is 3.13. The first-order valence-corrected chi connectivity index (χ1v) is 9.98. The molecule has 4 rings (SSSR count). The van der Waals surface area contributed by atoms with Crippen molar-refractivity contribution in [3.8, 4) is 11.1 Å². The Morgan fingerprint density at radius 1 is 0.970 bits per heavy atom. The molecule has 0 fully saturated rings. The van der Waals surface area contributed by atoms with Crippen molar-refractivity contribution in [1.82, 2.24) is 15.3 Å². The fraction of sp³-hybridized carbons (Fsp3) is 0.125. The van der Waals surface area contributed by atoms with E-state index in [2.05, 4.69) is 20.6 Å². The lowest BCUT2D eigenvalue weighted by molar-refractivity contribution is -0.137. The van der Waals surface area contributed by atoms with Crippen molar-refractivity contribution in [2.24, 2.45) is 0 Å². The largest absolute Gasteiger partial charge is 0.465 e. The van der Waals surface area contributed by atoms with Crippen molar-refractivity contribution in [2.45, 2.75) is 19.6 Å². The Labute approximate surface area is 187 Å². The quantitative estimate of drug-likeness (QED) is 0.390. The van der Waals surface area contributed by atoms with Gasteiger partial charge in [0.1, 0.15) is 11.5 Å². The van der Waals surface area contributed by atoms with Gasteiger partial charge in [-0.05, 0) is 55.0 Å². The molecule has 0 bridgehead atoms. The number of amides is 1. The first-order chi connectivity index (χ1) is 15.8. The van der Waals surface area contributed by atoms with Gasteiger partial charge in [-0.3, -0.25) is 4.79 Å². The highest BCUT2D eigenvalue weighted by Crippen LogP contribution is 2.32. The van der Waals surface area contributed by atoms with E-state index < -0.39 is 11.7 Å². The monoisotopic (exact) mass is 452 g/mol. The molecule has 0 aliphatic rings. The molecule has 2 heterocycles. The van der Waals surface area contributed by atoms with E-state index in [0.29, 0.717) is 28.1 Å². The van der Waals surface area contributed by atoms with Crippen molar-refractivity contribution in [1.29, 1.82) is 0 Å². The lowest BCUT2D eigenvalue weighted by Crippen LogP contribution is -2.22. The fourth-order valence-electron chi connectivity index (χ4n) is 3.13. The van der Waals surface area contributed by atoms with Crippen LogP contribution in [0.4, 0.5) is 24.8 Å². The molecule has 2 N–H and O–H groups in total. The first kappa shape index (κ1) is 22.1. The highest BCUT2D eigenvalue weighted by atomic mass is 19.4. The normalized spacial score (nSPS) is 11.3. The van der Waals surface area contributed by atoms with Gasteiger partial charge in [-0.2, -0.15) is 13.2 Å². The Morgan fingerprint density at radius 2 is 1.73 bits per heavy atom. The van der Waals surface area contributed by atoms with Gasteiger partial charge in [0.05, 0.1) is 12.1 Å². The van der Waals surface area contributed by atoms with Crippen LogP contribution >= 0.6 is 0 Å². The molecule has 33 heavy (non-hydrogen) atoms. The number of halogens is 3. The minimum atomic E-state index is -4.42. The highest BCUT2D eigenvalue weighted by Gasteiger charge is 2.30. The van der Waals surface area contributed by atoms with Crippen molar-refractivity contribution >= 4 is 17.5 Å². The van der Waals surface area contributed by atoms with E-state index in [4.69, 9.17) is 4.42 Å². The highest BCUT2D eigenvalue weighted by molar-refractivity contribution is 5.95. The van der Waals surface area contributed by atoms with Crippen LogP contribution in [0.25, 0.3) is 11.1 Å². The van der Waals surface area contributed by atoms with Crippen LogP contribution in [0.5, 0.6) is 0 Å². The van der Waals surface area contributed by atoms with Crippen LogP contribution in [0.3, 0.4) is 0 Å². The average Bonchev–Trinajstić information content (AvgIpc) is 3.23. The van der Waals surface area contributed by atoms with Crippen LogP contribution in [0.15, 0.2) is 77.5 Å². The molecule has 2 aromatic heterocycles. The number of alkyl halides is 3. The van der Waals surface area contributed by atoms with Crippen molar-refractivity contribution < 1.29 is 22.4 Å². The van der Waals surface area contributed by atoms with Gasteiger partial charge in [-0.25, -0.2) is 9.97 Å². The summed E-state index contributed by atoms with van der Waals surface area (Å²) in [6.45, 7) is 2.10. The SMILES string of the molecule is Cc1ccc(CNC(=O)c2cccc(Nc3ncc(-c4cccc(C(F)(F)F)c4)cn3)c2)o1. The maximum atomic E-state index is 12.9. The van der Waals surface area contributed by atoms with E-state index in [0.717, 1.165) is 17.9 Å². The summed E-state index contributed by atoms with van der Waals surface area (Å²) in [5, 5.41) is 5.78. The maximum Gasteiger partial charge on any atom is 0.416 e. The molecule has 2 aromatic carbocycles. The Morgan fingerprint density at radius 3 is 2.42 bits per heavy atom. The van der Waals surface area contributed by atoms with E-state index in [1.165, 1.54) is 18.5 Å². The third-order valence-corrected chi connectivity index (χ3v) is 4.78. The Balaban J connectivity index is 1.43. The van der Waals surface area contributed by atoms with E-state index in [1.54, 1.807) is 36.4 Å². The van der Waals surface area contributed by atoms with Gasteiger partial charge in [-0.1, -0.05) is 18.2 Å². The first-order valence-electron chi connectivity index (χ1n) is 9.98. The van der Waals surface area contributed by atoms with Gasteiger partial charge in [0, 0.05) is 29.2 Å². The number of aryl methyl sites for hydroxylation is 1. The lowest BCUT2D eigenvalue weighted by Gasteiger charge is -2.10. The summed E-state index contributed by atoms with van der Waals surface area (Å²) >= 11 is 0. The van der Waals surface area contributed by atoms with Crippen LogP contribution in [0.1, 0.15) is 27.4 Å². The molecule has 4 aromatic rings. The molecule has 9 heteroatoms. The van der Waals surface area contributed by atoms with Crippen LogP contribution in [0, 0.1) is 6.92 Å². The molecule has 1 amide bonds. The summed E-state index contributed by atoms with van der Waals surface area (Å²) in [6.07, 6.45) is -1.55. The zero-order chi connectivity index (χ0) is 23.4. The molecule has 168 valence electrons. The number of nitrogens with one attached hydrogen (secondary N) is 2. The van der Waals surface area contributed by atoms with Gasteiger partial charge in [0.15, 0.2) is 0 Å². The summed E-state index contributed by atoms with van der Waals surface area (Å²) in [5.41, 5.74) is 1.10. The zero-order valence-corrected chi connectivity index (χ0v) is 17.5. The number of furan rings is 1. The minimum Gasteiger partial charge on any atom is -0.465 e. The number of hydrogen-bond donors (Lipinski definition) is 2. The molecule has 6 nitrogen and oxygen atoms in total. The van der Waals surface area contributed by atoms with Crippen LogP contribution < -0.4 is 10.6 Å². The van der Waals surface area contributed by atoms with Crippen molar-refractivity contribution in [3.63, 3.8) is 0 Å². The molecule has 0 saturated carbocycles. The van der Waals surface area contributed by atoms with Crippen molar-refractivity contribution in [3.05, 3.63) is 95.7 Å². The number of rotatable bonds is 6. The topological polar surface area (TPSA) is 80.0 Å². The molecule has 0 radical (unpaired) electrons. The number of benzene rings is 2. The van der Waals surface area contributed by atoms with E-state index in [-0.39, 0.29) is 18.4 Å². The number of nitrogens with zero attached hydrogens (tertiary/aromatic N) is 2. The Bertz CT molecular complexity index is 1270. The van der Waals surface area contributed by atoms with Crippen LogP contribution in [0.2, 0.25) is 0 Å². The summed E-state index contributed by atoms with van der Waals surface area (Å²) in [7, 11) is 0. The Kier molecular flexibility index (Phi) is 6.12. The minimum absolute atomic E-state index is 0.245. The molecule has 0 unspecified atom stereocenters. The van der Waals surface area contributed by atoms with Gasteiger partial charge in [0.25, 0.3) is 5.91 Å². The second-order valence-corrected chi connectivity index (χ2v) is 7.27. The lowest BCUT2D eigenvalue weighted by atomic mass is 10.1. The average molecular weight is 452 g/mol. The van der Waals surface area contributed by atoms with Crippen LogP contribution in [-0.2, 0) is 12.7 Å². The summed E-state index contributed by atoms with van der Waals surface area (Å²) in [5.74, 6) is 1.40. The molecule has 0 aliphatic carbocycles. The van der Waals surface area contributed by atoms with E-state index >= 15 is 0 Å². The molecule has 0 spiro atoms. The second kappa shape index (κ2) is 9.15. The molecule has 0 atom stereocenters. The van der Waals surface area contributed by atoms with E-state index in [1.807, 2.05) is 13.0 Å². The van der Waals surface area contributed by atoms with Gasteiger partial charge < -0.3 is 15.1 Å². The van der Waals surface area contributed by atoms with Crippen LogP contribution in [-0.4, -0.2) is 15.9 Å². The summed E-state index contributed by atoms with van der Waals surface area (Å²) < 4.78 is 44.3. The molecular formula is C24H19F3N4O2. The molecular weight excluding hydrogens is 433 g/mol. The van der Waals surface area contributed by atoms with E-state index in [9.17, 15) is 18.0 Å². The maximum absolute atomic E-state index is 12.9. The van der Waals surface area contributed by atoms with Crippen molar-refractivity contribution in [2.75, 3.05) is 5.32 Å². The molecule has 0 aliphatic heterocycles. The standard InChI is InChI=1S/C24H19F3N4O2/c1-15-8-9-21(33-15)14-28-22(32)17-5-3-7-20(11-17)31-23-29-12-18(13-30-23)16-4-2-6-19(10-16)24(25,26)27/h2-13H,14H2,1H3,(H,28,32)(H,29,30,31). The number of anilines is 2. The predicted octanol–water partition coefficient (Wildman–Crippen LogP) is 5.74. The summed E-state index contributed by atoms with van der Waals surface area (Å²) in [6, 6.07) is 15.4. The zero-order valence-electron chi connectivity index (χ0n) is 17.5. The smallest absolute Gasteiger partial charge is 0.416 e. The third kappa shape index (κ3) is 5.57. The second-order valence-electron chi connectivity index (χ2n) is 7.27. The summed E-state index contributed by atoms with van der Waals surface area (Å²) in [4.78, 5) is 20.8. The Hall–Kier alpha value is -4.14. The van der Waals surface area contributed by atoms with Gasteiger partial charge in [-0.15, -0.1) is 0 Å². The predicted molar refractivity (Wildman–Crippen MR) is 117 cm³/mol.